The fraction of sp³-hybridized carbons (Fsp3) is 0.471. The van der Waals surface area contributed by atoms with Gasteiger partial charge in [-0.3, -0.25) is 4.79 Å². The molecule has 0 spiro atoms. The maximum absolute atomic E-state index is 13.0. The number of halogens is 1. The van der Waals surface area contributed by atoms with E-state index in [4.69, 9.17) is 0 Å². The number of hydrogen-bond acceptors (Lipinski definition) is 4. The molecule has 7 heteroatoms. The van der Waals surface area contributed by atoms with Gasteiger partial charge in [-0.25, -0.2) is 9.07 Å². The summed E-state index contributed by atoms with van der Waals surface area (Å²) < 4.78 is 14.5. The number of hydrogen-bond donors (Lipinski definition) is 1. The average Bonchev–Trinajstić information content (AvgIpc) is 3.02. The van der Waals surface area contributed by atoms with E-state index in [9.17, 15) is 14.3 Å². The number of benzene rings is 1. The number of aryl methyl sites for hydroxylation is 1. The first-order chi connectivity index (χ1) is 11.4. The summed E-state index contributed by atoms with van der Waals surface area (Å²) in [5, 5.41) is 18.1. The number of rotatable bonds is 7. The lowest BCUT2D eigenvalue weighted by atomic mass is 10.1. The molecule has 1 amide bonds. The summed E-state index contributed by atoms with van der Waals surface area (Å²) in [7, 11) is 0. The third-order valence-corrected chi connectivity index (χ3v) is 3.66. The molecule has 0 radical (unpaired) electrons. The lowest BCUT2D eigenvalue weighted by Crippen LogP contribution is -2.38. The van der Waals surface area contributed by atoms with Gasteiger partial charge in [-0.15, -0.1) is 5.10 Å². The Morgan fingerprint density at radius 2 is 1.96 bits per heavy atom. The summed E-state index contributed by atoms with van der Waals surface area (Å²) in [4.78, 5) is 14.4. The first-order valence-electron chi connectivity index (χ1n) is 8.03. The van der Waals surface area contributed by atoms with Crippen LogP contribution in [0.5, 0.6) is 0 Å². The van der Waals surface area contributed by atoms with Crippen LogP contribution in [0.2, 0.25) is 0 Å². The molecule has 1 atom stereocenters. The van der Waals surface area contributed by atoms with Crippen molar-refractivity contribution in [1.29, 1.82) is 0 Å². The molecule has 24 heavy (non-hydrogen) atoms. The Kier molecular flexibility index (Phi) is 6.03. The number of aliphatic hydroxyl groups is 1. The Balaban J connectivity index is 2.18. The summed E-state index contributed by atoms with van der Waals surface area (Å²) in [6.45, 7) is 7.03. The normalized spacial score (nSPS) is 12.4. The zero-order valence-electron chi connectivity index (χ0n) is 14.2. The van der Waals surface area contributed by atoms with Crippen molar-refractivity contribution in [3.63, 3.8) is 0 Å². The van der Waals surface area contributed by atoms with Crippen LogP contribution in [0.25, 0.3) is 0 Å². The third-order valence-electron chi connectivity index (χ3n) is 3.66. The Morgan fingerprint density at radius 1 is 1.29 bits per heavy atom. The lowest BCUT2D eigenvalue weighted by Gasteiger charge is -2.27. The summed E-state index contributed by atoms with van der Waals surface area (Å²) in [5.41, 5.74) is 0.963. The number of carbonyl (C=O) groups is 1. The van der Waals surface area contributed by atoms with E-state index >= 15 is 0 Å². The highest BCUT2D eigenvalue weighted by molar-refractivity contribution is 5.92. The van der Waals surface area contributed by atoms with Gasteiger partial charge in [0, 0.05) is 13.1 Å². The third kappa shape index (κ3) is 4.38. The average molecular weight is 334 g/mol. The summed E-state index contributed by atoms with van der Waals surface area (Å²) in [5.74, 6) is -0.351. The Hall–Kier alpha value is -2.28. The smallest absolute Gasteiger partial charge is 0.273 e. The van der Waals surface area contributed by atoms with Crippen LogP contribution in [0, 0.1) is 11.7 Å². The maximum Gasteiger partial charge on any atom is 0.273 e. The largest absolute Gasteiger partial charge is 0.387 e. The van der Waals surface area contributed by atoms with Gasteiger partial charge in [0.25, 0.3) is 5.91 Å². The van der Waals surface area contributed by atoms with Crippen LogP contribution in [0.3, 0.4) is 0 Å². The minimum Gasteiger partial charge on any atom is -0.387 e. The van der Waals surface area contributed by atoms with Crippen molar-refractivity contribution >= 4 is 5.91 Å². The minimum absolute atomic E-state index is 0.123. The molecular weight excluding hydrogens is 311 g/mol. The Bertz CT molecular complexity index is 669. The lowest BCUT2D eigenvalue weighted by molar-refractivity contribution is 0.0583. The van der Waals surface area contributed by atoms with Gasteiger partial charge in [-0.2, -0.15) is 0 Å². The van der Waals surface area contributed by atoms with Crippen molar-refractivity contribution in [2.24, 2.45) is 5.92 Å². The van der Waals surface area contributed by atoms with Gasteiger partial charge in [0.05, 0.1) is 18.8 Å². The predicted molar refractivity (Wildman–Crippen MR) is 87.8 cm³/mol. The van der Waals surface area contributed by atoms with Crippen molar-refractivity contribution in [2.75, 3.05) is 13.1 Å². The second kappa shape index (κ2) is 8.01. The molecule has 130 valence electrons. The Morgan fingerprint density at radius 3 is 2.54 bits per heavy atom. The predicted octanol–water partition coefficient (Wildman–Crippen LogP) is 2.27. The van der Waals surface area contributed by atoms with Crippen LogP contribution in [0.4, 0.5) is 4.39 Å². The fourth-order valence-corrected chi connectivity index (χ4v) is 2.50. The molecule has 2 aromatic rings. The number of carbonyl (C=O) groups excluding carboxylic acids is 1. The van der Waals surface area contributed by atoms with E-state index in [1.54, 1.807) is 4.90 Å². The first-order valence-corrected chi connectivity index (χ1v) is 8.03. The summed E-state index contributed by atoms with van der Waals surface area (Å²) in [6, 6.07) is 5.64. The highest BCUT2D eigenvalue weighted by Crippen LogP contribution is 2.17. The van der Waals surface area contributed by atoms with Gasteiger partial charge < -0.3 is 10.0 Å². The molecule has 0 aliphatic carbocycles. The van der Waals surface area contributed by atoms with Gasteiger partial charge in [0.2, 0.25) is 0 Å². The van der Waals surface area contributed by atoms with Gasteiger partial charge in [0.1, 0.15) is 11.5 Å². The summed E-state index contributed by atoms with van der Waals surface area (Å²) >= 11 is 0. The number of nitrogens with zero attached hydrogens (tertiary/aromatic N) is 4. The second-order valence-electron chi connectivity index (χ2n) is 6.11. The van der Waals surface area contributed by atoms with Crippen LogP contribution in [-0.2, 0) is 6.54 Å². The van der Waals surface area contributed by atoms with Crippen molar-refractivity contribution in [3.05, 3.63) is 47.5 Å². The molecule has 1 N–H and O–H groups in total. The van der Waals surface area contributed by atoms with Crippen LogP contribution in [0.1, 0.15) is 42.9 Å². The Labute approximate surface area is 140 Å². The molecule has 1 aromatic heterocycles. The molecule has 6 nitrogen and oxygen atoms in total. The topological polar surface area (TPSA) is 71.2 Å². The van der Waals surface area contributed by atoms with Crippen LogP contribution < -0.4 is 0 Å². The molecule has 1 unspecified atom stereocenters. The van der Waals surface area contributed by atoms with E-state index < -0.39 is 6.10 Å². The molecular formula is C17H23FN4O2. The molecule has 0 saturated heterocycles. The summed E-state index contributed by atoms with van der Waals surface area (Å²) in [6.07, 6.45) is 0.544. The molecule has 1 heterocycles. The standard InChI is InChI=1S/C17H23FN4O2/c1-4-22-15(9-19-20-22)17(24)21(10-12(2)3)11-16(23)13-5-7-14(18)8-6-13/h5-9,12,16,23H,4,10-11H2,1-3H3. The first kappa shape index (κ1) is 18.1. The maximum atomic E-state index is 13.0. The highest BCUT2D eigenvalue weighted by Gasteiger charge is 2.24. The molecule has 0 aliphatic heterocycles. The molecule has 2 rings (SSSR count). The van der Waals surface area contributed by atoms with Gasteiger partial charge in [0.15, 0.2) is 0 Å². The molecule has 1 aromatic carbocycles. The second-order valence-corrected chi connectivity index (χ2v) is 6.11. The van der Waals surface area contributed by atoms with Gasteiger partial charge in [-0.05, 0) is 30.5 Å². The molecule has 0 bridgehead atoms. The van der Waals surface area contributed by atoms with Gasteiger partial charge >= 0.3 is 0 Å². The minimum atomic E-state index is -0.890. The quantitative estimate of drug-likeness (QED) is 0.843. The van der Waals surface area contributed by atoms with Crippen molar-refractivity contribution in [3.8, 4) is 0 Å². The number of aromatic nitrogens is 3. The van der Waals surface area contributed by atoms with E-state index in [1.165, 1.54) is 35.1 Å². The van der Waals surface area contributed by atoms with Crippen molar-refractivity contribution < 1.29 is 14.3 Å². The highest BCUT2D eigenvalue weighted by atomic mass is 19.1. The van der Waals surface area contributed by atoms with Crippen LogP contribution >= 0.6 is 0 Å². The number of aliphatic hydroxyl groups excluding tert-OH is 1. The molecule has 0 aliphatic rings. The van der Waals surface area contributed by atoms with E-state index in [1.807, 2.05) is 20.8 Å². The zero-order chi connectivity index (χ0) is 17.7. The van der Waals surface area contributed by atoms with E-state index in [0.717, 1.165) is 0 Å². The fourth-order valence-electron chi connectivity index (χ4n) is 2.50. The van der Waals surface area contributed by atoms with Crippen LogP contribution in [0.15, 0.2) is 30.5 Å². The van der Waals surface area contributed by atoms with E-state index in [-0.39, 0.29) is 24.2 Å². The monoisotopic (exact) mass is 334 g/mol. The SMILES string of the molecule is CCn1nncc1C(=O)N(CC(C)C)CC(O)c1ccc(F)cc1. The van der Waals surface area contributed by atoms with Crippen molar-refractivity contribution in [2.45, 2.75) is 33.4 Å². The zero-order valence-corrected chi connectivity index (χ0v) is 14.2. The van der Waals surface area contributed by atoms with Crippen molar-refractivity contribution in [1.82, 2.24) is 19.9 Å². The number of amides is 1. The van der Waals surface area contributed by atoms with Gasteiger partial charge in [-0.1, -0.05) is 31.2 Å². The van der Waals surface area contributed by atoms with E-state index in [2.05, 4.69) is 10.3 Å². The molecule has 0 saturated carbocycles. The molecule has 0 fully saturated rings. The van der Waals surface area contributed by atoms with E-state index in [0.29, 0.717) is 24.3 Å². The van der Waals surface area contributed by atoms with Crippen LogP contribution in [-0.4, -0.2) is 44.0 Å².